The van der Waals surface area contributed by atoms with Crippen LogP contribution in [0, 0.1) is 0 Å². The van der Waals surface area contributed by atoms with Gasteiger partial charge in [0.25, 0.3) is 0 Å². The van der Waals surface area contributed by atoms with E-state index in [1.807, 2.05) is 18.7 Å². The largest absolute Gasteiger partial charge is 0.416 e. The second-order valence-electron chi connectivity index (χ2n) is 4.96. The number of anilines is 2. The number of unbranched alkanes of at least 4 members (excludes halogenated alkanes) is 1. The first kappa shape index (κ1) is 17.6. The highest BCUT2D eigenvalue weighted by Crippen LogP contribution is 2.33. The van der Waals surface area contributed by atoms with E-state index in [1.165, 1.54) is 0 Å². The maximum atomic E-state index is 13.0. The number of nitrogens with zero attached hydrogens (tertiary/aromatic N) is 2. The number of aromatic nitrogens is 1. The van der Waals surface area contributed by atoms with Crippen LogP contribution >= 0.6 is 0 Å². The van der Waals surface area contributed by atoms with Crippen molar-refractivity contribution in [3.05, 3.63) is 17.7 Å². The van der Waals surface area contributed by atoms with Gasteiger partial charge in [0, 0.05) is 19.6 Å². The Morgan fingerprint density at radius 3 is 2.38 bits per heavy atom. The summed E-state index contributed by atoms with van der Waals surface area (Å²) in [6.07, 6.45) is -1.59. The molecule has 3 nitrogen and oxygen atoms in total. The summed E-state index contributed by atoms with van der Waals surface area (Å²) >= 11 is 0. The van der Waals surface area contributed by atoms with Crippen LogP contribution in [0.25, 0.3) is 0 Å². The Kier molecular flexibility index (Phi) is 6.78. The first-order valence-corrected chi connectivity index (χ1v) is 7.50. The molecule has 21 heavy (non-hydrogen) atoms. The molecule has 6 heteroatoms. The molecule has 0 amide bonds. The van der Waals surface area contributed by atoms with Crippen molar-refractivity contribution >= 4 is 11.6 Å². The summed E-state index contributed by atoms with van der Waals surface area (Å²) in [7, 11) is 0. The molecule has 0 fully saturated rings. The van der Waals surface area contributed by atoms with Crippen LogP contribution in [0.3, 0.4) is 0 Å². The van der Waals surface area contributed by atoms with Crippen LogP contribution in [0.1, 0.15) is 45.6 Å². The summed E-state index contributed by atoms with van der Waals surface area (Å²) in [5.41, 5.74) is -0.652. The van der Waals surface area contributed by atoms with E-state index in [-0.39, 0.29) is 5.82 Å². The summed E-state index contributed by atoms with van der Waals surface area (Å²) in [6, 6.07) is 2.21. The van der Waals surface area contributed by atoms with E-state index in [0.29, 0.717) is 25.5 Å². The summed E-state index contributed by atoms with van der Waals surface area (Å²) in [5.74, 6) is 0.677. The quantitative estimate of drug-likeness (QED) is 0.763. The fraction of sp³-hybridized carbons (Fsp3) is 0.667. The number of nitrogens with one attached hydrogen (secondary N) is 1. The molecular formula is C15H24F3N3. The lowest BCUT2D eigenvalue weighted by molar-refractivity contribution is -0.137. The van der Waals surface area contributed by atoms with Crippen molar-refractivity contribution in [1.82, 2.24) is 4.98 Å². The first-order valence-electron chi connectivity index (χ1n) is 7.50. The van der Waals surface area contributed by atoms with Crippen molar-refractivity contribution in [2.45, 2.75) is 46.2 Å². The molecule has 120 valence electrons. The van der Waals surface area contributed by atoms with E-state index in [4.69, 9.17) is 0 Å². The molecule has 1 N–H and O–H groups in total. The van der Waals surface area contributed by atoms with Gasteiger partial charge in [-0.15, -0.1) is 0 Å². The second-order valence-corrected chi connectivity index (χ2v) is 4.96. The van der Waals surface area contributed by atoms with Crippen molar-refractivity contribution in [3.8, 4) is 0 Å². The third-order valence-electron chi connectivity index (χ3n) is 3.18. The number of hydrogen-bond donors (Lipinski definition) is 1. The highest BCUT2D eigenvalue weighted by atomic mass is 19.4. The third kappa shape index (κ3) is 5.44. The lowest BCUT2D eigenvalue weighted by Gasteiger charge is -2.23. The predicted octanol–water partition coefficient (Wildman–Crippen LogP) is 4.55. The molecule has 1 rings (SSSR count). The Morgan fingerprint density at radius 1 is 1.14 bits per heavy atom. The normalized spacial score (nSPS) is 11.5. The molecule has 1 aromatic rings. The lowest BCUT2D eigenvalue weighted by atomic mass is 10.2. The van der Waals surface area contributed by atoms with E-state index in [1.54, 1.807) is 0 Å². The van der Waals surface area contributed by atoms with E-state index in [2.05, 4.69) is 17.2 Å². The minimum absolute atomic E-state index is 0.289. The first-order chi connectivity index (χ1) is 9.92. The van der Waals surface area contributed by atoms with Crippen molar-refractivity contribution in [2.24, 2.45) is 0 Å². The number of halogens is 3. The number of rotatable bonds is 8. The summed E-state index contributed by atoms with van der Waals surface area (Å²) in [5, 5.41) is 2.94. The van der Waals surface area contributed by atoms with Crippen LogP contribution in [0.5, 0.6) is 0 Å². The Labute approximate surface area is 124 Å². The van der Waals surface area contributed by atoms with E-state index >= 15 is 0 Å². The predicted molar refractivity (Wildman–Crippen MR) is 80.8 cm³/mol. The van der Waals surface area contributed by atoms with Crippen LogP contribution < -0.4 is 10.2 Å². The molecule has 0 spiro atoms. The minimum atomic E-state index is -4.36. The fourth-order valence-electron chi connectivity index (χ4n) is 1.97. The van der Waals surface area contributed by atoms with Gasteiger partial charge in [0.15, 0.2) is 0 Å². The lowest BCUT2D eigenvalue weighted by Crippen LogP contribution is -2.26. The minimum Gasteiger partial charge on any atom is -0.370 e. The maximum Gasteiger partial charge on any atom is 0.416 e. The highest BCUT2D eigenvalue weighted by molar-refractivity contribution is 5.51. The van der Waals surface area contributed by atoms with Crippen molar-refractivity contribution in [3.63, 3.8) is 0 Å². The van der Waals surface area contributed by atoms with Gasteiger partial charge in [-0.1, -0.05) is 20.3 Å². The van der Waals surface area contributed by atoms with E-state index in [9.17, 15) is 13.2 Å². The highest BCUT2D eigenvalue weighted by Gasteiger charge is 2.32. The van der Waals surface area contributed by atoms with Crippen LogP contribution in [0.4, 0.5) is 24.8 Å². The molecule has 1 heterocycles. The zero-order valence-electron chi connectivity index (χ0n) is 12.9. The molecule has 0 aliphatic heterocycles. The Balaban J connectivity index is 3.10. The molecule has 0 aliphatic rings. The van der Waals surface area contributed by atoms with Crippen LogP contribution in [0.15, 0.2) is 12.1 Å². The van der Waals surface area contributed by atoms with Gasteiger partial charge in [0.2, 0.25) is 0 Å². The number of pyridine rings is 1. The van der Waals surface area contributed by atoms with E-state index in [0.717, 1.165) is 31.4 Å². The van der Waals surface area contributed by atoms with Gasteiger partial charge in [-0.2, -0.15) is 13.2 Å². The zero-order valence-corrected chi connectivity index (χ0v) is 12.9. The summed E-state index contributed by atoms with van der Waals surface area (Å²) in [6.45, 7) is 7.91. The van der Waals surface area contributed by atoms with Gasteiger partial charge in [0.1, 0.15) is 11.6 Å². The number of alkyl halides is 3. The molecule has 0 atom stereocenters. The molecule has 0 unspecified atom stereocenters. The molecule has 0 aliphatic carbocycles. The SMILES string of the molecule is CCCCN(CC)c1cc(C(F)(F)F)cc(NCCC)n1. The average molecular weight is 303 g/mol. The molecule has 0 saturated carbocycles. The van der Waals surface area contributed by atoms with Crippen LogP contribution in [-0.4, -0.2) is 24.6 Å². The van der Waals surface area contributed by atoms with Crippen LogP contribution in [0.2, 0.25) is 0 Å². The van der Waals surface area contributed by atoms with Gasteiger partial charge < -0.3 is 10.2 Å². The molecular weight excluding hydrogens is 279 g/mol. The molecule has 0 bridgehead atoms. The van der Waals surface area contributed by atoms with E-state index < -0.39 is 11.7 Å². The molecule has 0 radical (unpaired) electrons. The standard InChI is InChI=1S/C15H24F3N3/c1-4-7-9-21(6-3)14-11-12(15(16,17)18)10-13(20-14)19-8-5-2/h10-11H,4-9H2,1-3H3,(H,19,20). The van der Waals surface area contributed by atoms with Crippen LogP contribution in [-0.2, 0) is 6.18 Å². The summed E-state index contributed by atoms with van der Waals surface area (Å²) in [4.78, 5) is 6.21. The molecule has 0 saturated heterocycles. The molecule has 1 aromatic heterocycles. The third-order valence-corrected chi connectivity index (χ3v) is 3.18. The Bertz CT molecular complexity index is 433. The van der Waals surface area contributed by atoms with Crippen molar-refractivity contribution in [1.29, 1.82) is 0 Å². The monoisotopic (exact) mass is 303 g/mol. The fourth-order valence-corrected chi connectivity index (χ4v) is 1.97. The van der Waals surface area contributed by atoms with Gasteiger partial charge in [-0.05, 0) is 31.9 Å². The summed E-state index contributed by atoms with van der Waals surface area (Å²) < 4.78 is 39.0. The Hall–Kier alpha value is -1.46. The van der Waals surface area contributed by atoms with Crippen molar-refractivity contribution in [2.75, 3.05) is 29.9 Å². The second kappa shape index (κ2) is 8.10. The van der Waals surface area contributed by atoms with Gasteiger partial charge >= 0.3 is 6.18 Å². The van der Waals surface area contributed by atoms with Gasteiger partial charge in [-0.25, -0.2) is 4.98 Å². The zero-order chi connectivity index (χ0) is 15.9. The molecule has 0 aromatic carbocycles. The van der Waals surface area contributed by atoms with Gasteiger partial charge in [0.05, 0.1) is 5.56 Å². The smallest absolute Gasteiger partial charge is 0.370 e. The average Bonchev–Trinajstić information content (AvgIpc) is 2.45. The Morgan fingerprint density at radius 2 is 1.86 bits per heavy atom. The van der Waals surface area contributed by atoms with Crippen molar-refractivity contribution < 1.29 is 13.2 Å². The number of hydrogen-bond acceptors (Lipinski definition) is 3. The topological polar surface area (TPSA) is 28.2 Å². The maximum absolute atomic E-state index is 13.0. The van der Waals surface area contributed by atoms with Gasteiger partial charge in [-0.3, -0.25) is 0 Å².